The molecule has 2 aromatic carbocycles. The molecule has 0 atom stereocenters. The van der Waals surface area contributed by atoms with Crippen molar-refractivity contribution in [3.05, 3.63) is 52.0 Å². The summed E-state index contributed by atoms with van der Waals surface area (Å²) < 4.78 is 0.385. The van der Waals surface area contributed by atoms with E-state index in [4.69, 9.17) is 5.11 Å². The van der Waals surface area contributed by atoms with E-state index in [-0.39, 0.29) is 28.3 Å². The first-order chi connectivity index (χ1) is 9.90. The fourth-order valence-electron chi connectivity index (χ4n) is 1.72. The van der Waals surface area contributed by atoms with Crippen molar-refractivity contribution in [2.45, 2.75) is 0 Å². The van der Waals surface area contributed by atoms with Crippen molar-refractivity contribution in [1.82, 2.24) is 0 Å². The number of carbonyl (C=O) groups is 2. The fourth-order valence-corrected chi connectivity index (χ4v) is 2.18. The molecule has 4 N–H and O–H groups in total. The number of rotatable bonds is 3. The maximum absolute atomic E-state index is 12.1. The molecule has 0 spiro atoms. The summed E-state index contributed by atoms with van der Waals surface area (Å²) in [6.07, 6.45) is 0. The molecule has 0 radical (unpaired) electrons. The van der Waals surface area contributed by atoms with Gasteiger partial charge in [-0.1, -0.05) is 6.07 Å². The van der Waals surface area contributed by atoms with Gasteiger partial charge in [-0.3, -0.25) is 4.79 Å². The second kappa shape index (κ2) is 5.84. The number of benzene rings is 2. The Morgan fingerprint density at radius 2 is 1.76 bits per heavy atom. The molecule has 0 heterocycles. The summed E-state index contributed by atoms with van der Waals surface area (Å²) in [7, 11) is 0. The molecule has 1 amide bonds. The number of phenolic OH excluding ortho intramolecular Hbond substituents is 2. The van der Waals surface area contributed by atoms with Crippen LogP contribution in [0.25, 0.3) is 0 Å². The smallest absolute Gasteiger partial charge is 0.337 e. The number of nitrogens with one attached hydrogen (secondary N) is 1. The summed E-state index contributed by atoms with van der Waals surface area (Å²) in [5.74, 6) is -2.46. The molecule has 0 aliphatic heterocycles. The summed E-state index contributed by atoms with van der Waals surface area (Å²) in [6, 6.07) is 7.92. The Kier molecular flexibility index (Phi) is 4.13. The molecule has 7 heteroatoms. The van der Waals surface area contributed by atoms with Crippen LogP contribution >= 0.6 is 15.9 Å². The quantitative estimate of drug-likeness (QED) is 0.636. The molecule has 108 valence electrons. The van der Waals surface area contributed by atoms with Crippen LogP contribution in [0.15, 0.2) is 40.9 Å². The van der Waals surface area contributed by atoms with E-state index in [1.54, 1.807) is 6.07 Å². The van der Waals surface area contributed by atoms with Crippen molar-refractivity contribution in [3.8, 4) is 11.5 Å². The van der Waals surface area contributed by atoms with E-state index in [0.29, 0.717) is 4.47 Å². The van der Waals surface area contributed by atoms with Crippen LogP contribution in [0.1, 0.15) is 20.7 Å². The number of halogens is 1. The molecule has 0 saturated heterocycles. The largest absolute Gasteiger partial charge is 0.508 e. The van der Waals surface area contributed by atoms with E-state index in [1.165, 1.54) is 24.3 Å². The van der Waals surface area contributed by atoms with Gasteiger partial charge in [0.25, 0.3) is 5.91 Å². The van der Waals surface area contributed by atoms with E-state index >= 15 is 0 Å². The van der Waals surface area contributed by atoms with Crippen molar-refractivity contribution < 1.29 is 24.9 Å². The average Bonchev–Trinajstić information content (AvgIpc) is 2.43. The van der Waals surface area contributed by atoms with Gasteiger partial charge >= 0.3 is 5.97 Å². The normalized spacial score (nSPS) is 10.1. The van der Waals surface area contributed by atoms with Crippen LogP contribution in [0.3, 0.4) is 0 Å². The lowest BCUT2D eigenvalue weighted by Crippen LogP contribution is -2.15. The highest BCUT2D eigenvalue weighted by Crippen LogP contribution is 2.29. The molecule has 2 aromatic rings. The predicted molar refractivity (Wildman–Crippen MR) is 78.8 cm³/mol. The van der Waals surface area contributed by atoms with E-state index in [0.717, 1.165) is 6.07 Å². The SMILES string of the molecule is O=C(Nc1c(Br)cccc1C(=O)O)c1cc(O)ccc1O. The number of carbonyl (C=O) groups excluding carboxylic acids is 1. The monoisotopic (exact) mass is 351 g/mol. The summed E-state index contributed by atoms with van der Waals surface area (Å²) in [6.45, 7) is 0. The van der Waals surface area contributed by atoms with Crippen LogP contribution in [0, 0.1) is 0 Å². The third-order valence-electron chi connectivity index (χ3n) is 2.71. The van der Waals surface area contributed by atoms with Crippen molar-refractivity contribution in [2.75, 3.05) is 5.32 Å². The van der Waals surface area contributed by atoms with E-state index in [1.807, 2.05) is 0 Å². The standard InChI is InChI=1S/C14H10BrNO5/c15-10-3-1-2-8(14(20)21)12(10)16-13(19)9-6-7(17)4-5-11(9)18/h1-6,17-18H,(H,16,19)(H,20,21). The van der Waals surface area contributed by atoms with Gasteiger partial charge in [0.2, 0.25) is 0 Å². The summed E-state index contributed by atoms with van der Waals surface area (Å²) >= 11 is 3.16. The van der Waals surface area contributed by atoms with Crippen molar-refractivity contribution in [1.29, 1.82) is 0 Å². The Labute approximate surface area is 127 Å². The maximum atomic E-state index is 12.1. The Balaban J connectivity index is 2.41. The second-order valence-corrected chi connectivity index (χ2v) is 4.98. The maximum Gasteiger partial charge on any atom is 0.337 e. The van der Waals surface area contributed by atoms with Crippen LogP contribution in [-0.4, -0.2) is 27.2 Å². The van der Waals surface area contributed by atoms with Gasteiger partial charge < -0.3 is 20.6 Å². The van der Waals surface area contributed by atoms with Crippen molar-refractivity contribution in [3.63, 3.8) is 0 Å². The van der Waals surface area contributed by atoms with E-state index in [9.17, 15) is 19.8 Å². The lowest BCUT2D eigenvalue weighted by Gasteiger charge is -2.11. The Morgan fingerprint density at radius 3 is 2.43 bits per heavy atom. The lowest BCUT2D eigenvalue weighted by atomic mass is 10.1. The van der Waals surface area contributed by atoms with Crippen LogP contribution in [0.5, 0.6) is 11.5 Å². The molecule has 2 rings (SSSR count). The van der Waals surface area contributed by atoms with E-state index in [2.05, 4.69) is 21.2 Å². The highest BCUT2D eigenvalue weighted by atomic mass is 79.9. The number of aromatic hydroxyl groups is 2. The first-order valence-electron chi connectivity index (χ1n) is 5.75. The molecule has 0 bridgehead atoms. The summed E-state index contributed by atoms with van der Waals surface area (Å²) in [5.41, 5.74) is -0.197. The highest BCUT2D eigenvalue weighted by molar-refractivity contribution is 9.10. The Hall–Kier alpha value is -2.54. The molecule has 0 aromatic heterocycles. The molecule has 0 fully saturated rings. The Morgan fingerprint density at radius 1 is 1.05 bits per heavy atom. The van der Waals surface area contributed by atoms with Gasteiger partial charge in [0.15, 0.2) is 0 Å². The van der Waals surface area contributed by atoms with Gasteiger partial charge in [-0.25, -0.2) is 4.79 Å². The van der Waals surface area contributed by atoms with Crippen molar-refractivity contribution in [2.24, 2.45) is 0 Å². The molecule has 6 nitrogen and oxygen atoms in total. The summed E-state index contributed by atoms with van der Waals surface area (Å²) in [4.78, 5) is 23.3. The minimum absolute atomic E-state index is 0.0674. The third-order valence-corrected chi connectivity index (χ3v) is 3.37. The first kappa shape index (κ1) is 14.9. The summed E-state index contributed by atoms with van der Waals surface area (Å²) in [5, 5.41) is 30.5. The van der Waals surface area contributed by atoms with Gasteiger partial charge in [-0.05, 0) is 46.3 Å². The number of carboxylic acids is 1. The minimum atomic E-state index is -1.20. The zero-order chi connectivity index (χ0) is 15.6. The molecule has 0 saturated carbocycles. The highest BCUT2D eigenvalue weighted by Gasteiger charge is 2.18. The van der Waals surface area contributed by atoms with Crippen LogP contribution in [0.4, 0.5) is 5.69 Å². The third kappa shape index (κ3) is 3.14. The zero-order valence-corrected chi connectivity index (χ0v) is 12.1. The molecule has 0 unspecified atom stereocenters. The van der Waals surface area contributed by atoms with Crippen LogP contribution in [0.2, 0.25) is 0 Å². The minimum Gasteiger partial charge on any atom is -0.508 e. The second-order valence-electron chi connectivity index (χ2n) is 4.12. The number of anilines is 1. The average molecular weight is 352 g/mol. The first-order valence-corrected chi connectivity index (χ1v) is 6.54. The lowest BCUT2D eigenvalue weighted by molar-refractivity contribution is 0.0698. The number of amides is 1. The Bertz CT molecular complexity index is 729. The zero-order valence-electron chi connectivity index (χ0n) is 10.5. The van der Waals surface area contributed by atoms with Crippen LogP contribution < -0.4 is 5.32 Å². The van der Waals surface area contributed by atoms with E-state index < -0.39 is 11.9 Å². The van der Waals surface area contributed by atoms with Gasteiger partial charge in [0, 0.05) is 4.47 Å². The molecular formula is C14H10BrNO5. The van der Waals surface area contributed by atoms with Gasteiger partial charge in [0.1, 0.15) is 11.5 Å². The predicted octanol–water partition coefficient (Wildman–Crippen LogP) is 2.81. The van der Waals surface area contributed by atoms with Gasteiger partial charge in [0.05, 0.1) is 16.8 Å². The van der Waals surface area contributed by atoms with Gasteiger partial charge in [-0.15, -0.1) is 0 Å². The number of aromatic carboxylic acids is 1. The molecule has 21 heavy (non-hydrogen) atoms. The van der Waals surface area contributed by atoms with Crippen LogP contribution in [-0.2, 0) is 0 Å². The van der Waals surface area contributed by atoms with Gasteiger partial charge in [-0.2, -0.15) is 0 Å². The fraction of sp³-hybridized carbons (Fsp3) is 0. The molecule has 0 aliphatic carbocycles. The molecule has 0 aliphatic rings. The topological polar surface area (TPSA) is 107 Å². The number of para-hydroxylation sites is 1. The number of phenols is 2. The van der Waals surface area contributed by atoms with Crippen molar-refractivity contribution >= 4 is 33.5 Å². The number of hydrogen-bond acceptors (Lipinski definition) is 4. The molecular weight excluding hydrogens is 342 g/mol. The number of carboxylic acid groups (broad SMARTS) is 1. The number of hydrogen-bond donors (Lipinski definition) is 4.